The van der Waals surface area contributed by atoms with Crippen molar-refractivity contribution < 1.29 is 19.2 Å². The third kappa shape index (κ3) is 4.46. The molecule has 1 N–H and O–H groups in total. The van der Waals surface area contributed by atoms with E-state index < -0.39 is 4.92 Å². The third-order valence-corrected chi connectivity index (χ3v) is 5.68. The topological polar surface area (TPSA) is 107 Å². The summed E-state index contributed by atoms with van der Waals surface area (Å²) in [6, 6.07) is 14.4. The van der Waals surface area contributed by atoms with Crippen LogP contribution in [0.3, 0.4) is 0 Å². The normalized spacial score (nSPS) is 15.8. The lowest BCUT2D eigenvalue weighted by Crippen LogP contribution is -2.15. The van der Waals surface area contributed by atoms with Gasteiger partial charge < -0.3 is 14.5 Å². The summed E-state index contributed by atoms with van der Waals surface area (Å²) in [7, 11) is 0. The Balaban J connectivity index is 1.60. The molecule has 0 amide bonds. The first-order valence-corrected chi connectivity index (χ1v) is 10.3. The number of benzene rings is 2. The van der Waals surface area contributed by atoms with Gasteiger partial charge in [0.15, 0.2) is 0 Å². The van der Waals surface area contributed by atoms with E-state index in [1.165, 1.54) is 24.8 Å². The number of carbonyl (C=O) groups is 1. The SMILES string of the molecule is CC(=O)OC[C@@H]1CSC(c2cc3cc(COc4ccccc4)cc([N+](=O)[O-])c3[nH]2)=N1. The number of carbonyl (C=O) groups excluding carboxylic acids is 1. The number of para-hydroxylation sites is 1. The standard InChI is InChI=1S/C21H19N3O5S/c1-13(25)28-11-16-12-30-21(22-16)18-9-15-7-14(8-19(24(26)27)20(15)23-18)10-29-17-5-3-2-4-6-17/h2-9,16,23H,10-12H2,1H3/t16-/m1/s1. The number of nitrogens with one attached hydrogen (secondary N) is 1. The first-order valence-electron chi connectivity index (χ1n) is 9.32. The van der Waals surface area contributed by atoms with E-state index in [9.17, 15) is 14.9 Å². The molecule has 0 saturated heterocycles. The first kappa shape index (κ1) is 20.0. The molecular weight excluding hydrogens is 406 g/mol. The van der Waals surface area contributed by atoms with Crippen molar-refractivity contribution in [1.29, 1.82) is 0 Å². The largest absolute Gasteiger partial charge is 0.489 e. The predicted molar refractivity (Wildman–Crippen MR) is 115 cm³/mol. The zero-order chi connectivity index (χ0) is 21.1. The second-order valence-corrected chi connectivity index (χ2v) is 7.83. The van der Waals surface area contributed by atoms with Crippen LogP contribution in [0.25, 0.3) is 10.9 Å². The van der Waals surface area contributed by atoms with Crippen LogP contribution >= 0.6 is 11.8 Å². The number of ether oxygens (including phenoxy) is 2. The third-order valence-electron chi connectivity index (χ3n) is 4.53. The van der Waals surface area contributed by atoms with Gasteiger partial charge in [-0.3, -0.25) is 19.9 Å². The molecule has 2 heterocycles. The van der Waals surface area contributed by atoms with Crippen molar-refractivity contribution >= 4 is 39.4 Å². The van der Waals surface area contributed by atoms with E-state index in [-0.39, 0.29) is 30.9 Å². The Bertz CT molecular complexity index is 1130. The van der Waals surface area contributed by atoms with Crippen LogP contribution in [0, 0.1) is 10.1 Å². The minimum Gasteiger partial charge on any atom is -0.489 e. The molecule has 0 spiro atoms. The van der Waals surface area contributed by atoms with Crippen molar-refractivity contribution in [2.45, 2.75) is 19.6 Å². The van der Waals surface area contributed by atoms with Crippen molar-refractivity contribution in [3.8, 4) is 5.75 Å². The fourth-order valence-corrected chi connectivity index (χ4v) is 4.18. The lowest BCUT2D eigenvalue weighted by Gasteiger charge is -2.06. The predicted octanol–water partition coefficient (Wildman–Crippen LogP) is 4.08. The number of nitro benzene ring substituents is 1. The first-order chi connectivity index (χ1) is 14.5. The second-order valence-electron chi connectivity index (χ2n) is 6.82. The number of aromatic amines is 1. The summed E-state index contributed by atoms with van der Waals surface area (Å²) in [5.41, 5.74) is 1.86. The van der Waals surface area contributed by atoms with Gasteiger partial charge in [0.2, 0.25) is 0 Å². The zero-order valence-electron chi connectivity index (χ0n) is 16.2. The van der Waals surface area contributed by atoms with Crippen LogP contribution in [-0.4, -0.2) is 39.3 Å². The molecule has 154 valence electrons. The summed E-state index contributed by atoms with van der Waals surface area (Å²) in [6.45, 7) is 1.82. The molecule has 0 unspecified atom stereocenters. The lowest BCUT2D eigenvalue weighted by atomic mass is 10.1. The van der Waals surface area contributed by atoms with E-state index in [0.29, 0.717) is 28.3 Å². The van der Waals surface area contributed by atoms with Gasteiger partial charge >= 0.3 is 5.97 Å². The minimum atomic E-state index is -0.401. The highest BCUT2D eigenvalue weighted by Gasteiger charge is 2.24. The molecule has 1 atom stereocenters. The van der Waals surface area contributed by atoms with Crippen LogP contribution in [0.2, 0.25) is 0 Å². The van der Waals surface area contributed by atoms with Crippen molar-refractivity contribution in [2.24, 2.45) is 4.99 Å². The van der Waals surface area contributed by atoms with Gasteiger partial charge in [0.25, 0.3) is 5.69 Å². The van der Waals surface area contributed by atoms with Crippen molar-refractivity contribution in [3.05, 3.63) is 69.9 Å². The summed E-state index contributed by atoms with van der Waals surface area (Å²) in [5.74, 6) is 1.05. The Labute approximate surface area is 176 Å². The molecule has 1 aliphatic rings. The van der Waals surface area contributed by atoms with Gasteiger partial charge in [-0.15, -0.1) is 11.8 Å². The number of esters is 1. The molecule has 0 aliphatic carbocycles. The highest BCUT2D eigenvalue weighted by Crippen LogP contribution is 2.31. The maximum atomic E-state index is 11.6. The number of hydrogen-bond acceptors (Lipinski definition) is 7. The minimum absolute atomic E-state index is 0.00882. The maximum Gasteiger partial charge on any atom is 0.302 e. The van der Waals surface area contributed by atoms with Gasteiger partial charge in [-0.1, -0.05) is 18.2 Å². The number of nitro groups is 1. The molecule has 3 aromatic rings. The lowest BCUT2D eigenvalue weighted by molar-refractivity contribution is -0.383. The number of aliphatic imine (C=N–C) groups is 1. The maximum absolute atomic E-state index is 11.6. The number of thioether (sulfide) groups is 1. The van der Waals surface area contributed by atoms with Crippen LogP contribution in [0.1, 0.15) is 18.2 Å². The van der Waals surface area contributed by atoms with Gasteiger partial charge in [0, 0.05) is 24.1 Å². The fraction of sp³-hybridized carbons (Fsp3) is 0.238. The molecule has 0 fully saturated rings. The van der Waals surface area contributed by atoms with E-state index in [1.807, 2.05) is 42.5 Å². The van der Waals surface area contributed by atoms with E-state index >= 15 is 0 Å². The molecule has 4 rings (SSSR count). The molecule has 8 nitrogen and oxygen atoms in total. The van der Waals surface area contributed by atoms with E-state index in [1.54, 1.807) is 0 Å². The van der Waals surface area contributed by atoms with Crippen molar-refractivity contribution in [2.75, 3.05) is 12.4 Å². The Morgan fingerprint density at radius 1 is 1.30 bits per heavy atom. The van der Waals surface area contributed by atoms with Crippen molar-refractivity contribution in [3.63, 3.8) is 0 Å². The Morgan fingerprint density at radius 2 is 2.10 bits per heavy atom. The average molecular weight is 425 g/mol. The molecular formula is C21H19N3O5S. The zero-order valence-corrected chi connectivity index (χ0v) is 17.0. The van der Waals surface area contributed by atoms with Crippen LogP contribution in [-0.2, 0) is 16.1 Å². The Morgan fingerprint density at radius 3 is 2.83 bits per heavy atom. The van der Waals surface area contributed by atoms with Gasteiger partial charge in [-0.25, -0.2) is 0 Å². The van der Waals surface area contributed by atoms with Gasteiger partial charge in [0.05, 0.1) is 16.7 Å². The smallest absolute Gasteiger partial charge is 0.302 e. The molecule has 30 heavy (non-hydrogen) atoms. The molecule has 1 aromatic heterocycles. The number of rotatable bonds is 7. The van der Waals surface area contributed by atoms with Crippen LogP contribution in [0.15, 0.2) is 53.5 Å². The molecule has 0 saturated carbocycles. The monoisotopic (exact) mass is 425 g/mol. The molecule has 1 aliphatic heterocycles. The van der Waals surface area contributed by atoms with E-state index in [2.05, 4.69) is 9.98 Å². The number of aromatic nitrogens is 1. The number of fused-ring (bicyclic) bond motifs is 1. The summed E-state index contributed by atoms with van der Waals surface area (Å²) in [4.78, 5) is 29.9. The van der Waals surface area contributed by atoms with Gasteiger partial charge in [0.1, 0.15) is 29.5 Å². The molecule has 9 heteroatoms. The van der Waals surface area contributed by atoms with Crippen LogP contribution < -0.4 is 4.74 Å². The quantitative estimate of drug-likeness (QED) is 0.347. The number of H-pyrrole nitrogens is 1. The number of nitrogens with zero attached hydrogens (tertiary/aromatic N) is 2. The molecule has 0 radical (unpaired) electrons. The number of hydrogen-bond donors (Lipinski definition) is 1. The fourth-order valence-electron chi connectivity index (χ4n) is 3.17. The van der Waals surface area contributed by atoms with Crippen LogP contribution in [0.4, 0.5) is 5.69 Å². The molecule has 0 bridgehead atoms. The Hall–Kier alpha value is -3.33. The van der Waals surface area contributed by atoms with Crippen LogP contribution in [0.5, 0.6) is 5.75 Å². The van der Waals surface area contributed by atoms with Crippen molar-refractivity contribution in [1.82, 2.24) is 4.98 Å². The van der Waals surface area contributed by atoms with Gasteiger partial charge in [-0.2, -0.15) is 0 Å². The van der Waals surface area contributed by atoms with Gasteiger partial charge in [-0.05, 0) is 29.8 Å². The Kier molecular flexibility index (Phi) is 5.71. The summed E-state index contributed by atoms with van der Waals surface area (Å²) in [6.07, 6.45) is 0. The molecule has 2 aromatic carbocycles. The summed E-state index contributed by atoms with van der Waals surface area (Å²) < 4.78 is 10.8. The van der Waals surface area contributed by atoms with E-state index in [0.717, 1.165) is 10.4 Å². The second kappa shape index (κ2) is 8.58. The summed E-state index contributed by atoms with van der Waals surface area (Å²) >= 11 is 1.53. The average Bonchev–Trinajstić information content (AvgIpc) is 3.37. The van der Waals surface area contributed by atoms with E-state index in [4.69, 9.17) is 9.47 Å². The summed E-state index contributed by atoms with van der Waals surface area (Å²) in [5, 5.41) is 13.1. The number of non-ortho nitro benzene ring substituents is 1. The highest BCUT2D eigenvalue weighted by molar-refractivity contribution is 8.14. The highest BCUT2D eigenvalue weighted by atomic mass is 32.2.